The van der Waals surface area contributed by atoms with Gasteiger partial charge in [-0.05, 0) is 13.8 Å². The van der Waals surface area contributed by atoms with Gasteiger partial charge in [0.15, 0.2) is 0 Å². The summed E-state index contributed by atoms with van der Waals surface area (Å²) in [5.74, 6) is 0. The molecule has 0 rings (SSSR count). The van der Waals surface area contributed by atoms with Gasteiger partial charge in [-0.3, -0.25) is 4.99 Å². The van der Waals surface area contributed by atoms with Gasteiger partial charge >= 0.3 is 0 Å². The monoisotopic (exact) mass is 141 g/mol. The third kappa shape index (κ3) is 58.5. The molecule has 0 N–H and O–H groups in total. The molecule has 0 saturated heterocycles. The van der Waals surface area contributed by atoms with E-state index in [9.17, 15) is 0 Å². The Morgan fingerprint density at radius 1 is 1.30 bits per heavy atom. The van der Waals surface area contributed by atoms with Gasteiger partial charge < -0.3 is 0 Å². The fourth-order valence-corrected chi connectivity index (χ4v) is 0.220. The molecule has 0 fully saturated rings. The molecule has 0 aromatic heterocycles. The molecule has 0 aliphatic heterocycles. The molecule has 0 aliphatic rings. The predicted octanol–water partition coefficient (Wildman–Crippen LogP) is 3.44. The van der Waals surface area contributed by atoms with Crippen LogP contribution in [-0.4, -0.2) is 6.21 Å². The number of allylic oxidation sites excluding steroid dienone is 1. The maximum absolute atomic E-state index is 3.81. The lowest BCUT2D eigenvalue weighted by Gasteiger charge is -1.77. The molecule has 0 aliphatic carbocycles. The van der Waals surface area contributed by atoms with Crippen molar-refractivity contribution in [3.8, 4) is 0 Å². The normalized spacial score (nSPS) is 6.80. The number of rotatable bonds is 1. The summed E-state index contributed by atoms with van der Waals surface area (Å²) in [6, 6.07) is 0. The van der Waals surface area contributed by atoms with Crippen LogP contribution < -0.4 is 0 Å². The molecule has 0 heterocycles. The minimum atomic E-state index is 0.859. The Hall–Kier alpha value is -0.850. The summed E-state index contributed by atoms with van der Waals surface area (Å²) < 4.78 is 0. The fourth-order valence-electron chi connectivity index (χ4n) is 0.220. The SMILES string of the molecule is C=C.C=C(C)N=CC.CC. The van der Waals surface area contributed by atoms with Crippen LogP contribution in [0.1, 0.15) is 27.7 Å². The van der Waals surface area contributed by atoms with E-state index in [1.165, 1.54) is 0 Å². The molecule has 0 unspecified atom stereocenters. The highest BCUT2D eigenvalue weighted by Crippen LogP contribution is 1.82. The van der Waals surface area contributed by atoms with Crippen LogP contribution in [0.25, 0.3) is 0 Å². The first kappa shape index (κ1) is 16.1. The van der Waals surface area contributed by atoms with Crippen molar-refractivity contribution >= 4 is 6.21 Å². The van der Waals surface area contributed by atoms with Gasteiger partial charge in [0.1, 0.15) is 0 Å². The highest BCUT2D eigenvalue weighted by Gasteiger charge is 1.64. The molecule has 1 heteroatoms. The van der Waals surface area contributed by atoms with E-state index >= 15 is 0 Å². The van der Waals surface area contributed by atoms with E-state index in [1.54, 1.807) is 6.21 Å². The highest BCUT2D eigenvalue weighted by atomic mass is 14.7. The second-order valence-corrected chi connectivity index (χ2v) is 1.12. The number of aliphatic imine (C=N–C) groups is 1. The Labute approximate surface area is 65.2 Å². The fraction of sp³-hybridized carbons (Fsp3) is 0.444. The molecule has 0 atom stereocenters. The third-order valence-electron chi connectivity index (χ3n) is 0.349. The van der Waals surface area contributed by atoms with Crippen molar-refractivity contribution in [1.82, 2.24) is 0 Å². The first-order valence-corrected chi connectivity index (χ1v) is 3.41. The van der Waals surface area contributed by atoms with E-state index in [0.29, 0.717) is 0 Å². The van der Waals surface area contributed by atoms with Crippen LogP contribution in [0.3, 0.4) is 0 Å². The molecule has 60 valence electrons. The summed E-state index contributed by atoms with van der Waals surface area (Å²) in [5, 5.41) is 0. The topological polar surface area (TPSA) is 12.4 Å². The van der Waals surface area contributed by atoms with Crippen LogP contribution in [0.15, 0.2) is 30.4 Å². The Morgan fingerprint density at radius 3 is 1.60 bits per heavy atom. The molecule has 0 amide bonds. The van der Waals surface area contributed by atoms with Crippen molar-refractivity contribution in [3.05, 3.63) is 25.4 Å². The zero-order valence-electron chi connectivity index (χ0n) is 7.65. The standard InChI is InChI=1S/C5H9N.C2H6.C2H4/c1-4-6-5(2)3;2*1-2/h4H,2H2,1,3H3;1-2H3;1-2H2. The Bertz CT molecular complexity index is 82.7. The van der Waals surface area contributed by atoms with E-state index in [-0.39, 0.29) is 0 Å². The van der Waals surface area contributed by atoms with E-state index in [1.807, 2.05) is 27.7 Å². The summed E-state index contributed by atoms with van der Waals surface area (Å²) in [7, 11) is 0. The van der Waals surface area contributed by atoms with Crippen molar-refractivity contribution in [3.63, 3.8) is 0 Å². The quantitative estimate of drug-likeness (QED) is 0.392. The lowest BCUT2D eigenvalue weighted by Crippen LogP contribution is -1.60. The summed E-state index contributed by atoms with van der Waals surface area (Å²) in [5.41, 5.74) is 0.859. The van der Waals surface area contributed by atoms with Crippen LogP contribution in [0.5, 0.6) is 0 Å². The van der Waals surface area contributed by atoms with Crippen molar-refractivity contribution < 1.29 is 0 Å². The lowest BCUT2D eigenvalue weighted by atomic mass is 10.6. The second kappa shape index (κ2) is 24.2. The number of hydrogen-bond donors (Lipinski definition) is 0. The van der Waals surface area contributed by atoms with Gasteiger partial charge in [-0.25, -0.2) is 0 Å². The van der Waals surface area contributed by atoms with E-state index in [2.05, 4.69) is 24.7 Å². The first-order chi connectivity index (χ1) is 4.77. The van der Waals surface area contributed by atoms with Gasteiger partial charge in [0, 0.05) is 11.9 Å². The summed E-state index contributed by atoms with van der Waals surface area (Å²) in [4.78, 5) is 3.81. The van der Waals surface area contributed by atoms with Crippen molar-refractivity contribution in [2.45, 2.75) is 27.7 Å². The van der Waals surface area contributed by atoms with Crippen LogP contribution in [-0.2, 0) is 0 Å². The van der Waals surface area contributed by atoms with Gasteiger partial charge in [0.2, 0.25) is 0 Å². The zero-order chi connectivity index (χ0) is 8.99. The van der Waals surface area contributed by atoms with Crippen LogP contribution in [0.4, 0.5) is 0 Å². The van der Waals surface area contributed by atoms with Crippen molar-refractivity contribution in [2.75, 3.05) is 0 Å². The molecule has 0 radical (unpaired) electrons. The van der Waals surface area contributed by atoms with E-state index in [0.717, 1.165) is 5.70 Å². The third-order valence-corrected chi connectivity index (χ3v) is 0.349. The largest absolute Gasteiger partial charge is 0.267 e. The number of hydrogen-bond acceptors (Lipinski definition) is 1. The highest BCUT2D eigenvalue weighted by molar-refractivity contribution is 5.54. The Kier molecular flexibility index (Phi) is 38.9. The van der Waals surface area contributed by atoms with Gasteiger partial charge in [-0.2, -0.15) is 0 Å². The van der Waals surface area contributed by atoms with Gasteiger partial charge in [0.25, 0.3) is 0 Å². The number of nitrogens with zero attached hydrogens (tertiary/aromatic N) is 1. The van der Waals surface area contributed by atoms with E-state index < -0.39 is 0 Å². The van der Waals surface area contributed by atoms with Crippen molar-refractivity contribution in [1.29, 1.82) is 0 Å². The smallest absolute Gasteiger partial charge is 0.0296 e. The second-order valence-electron chi connectivity index (χ2n) is 1.12. The average molecular weight is 141 g/mol. The minimum Gasteiger partial charge on any atom is -0.267 e. The molecule has 0 spiro atoms. The van der Waals surface area contributed by atoms with Crippen molar-refractivity contribution in [2.24, 2.45) is 4.99 Å². The van der Waals surface area contributed by atoms with Crippen LogP contribution in [0, 0.1) is 0 Å². The van der Waals surface area contributed by atoms with Crippen LogP contribution in [0.2, 0.25) is 0 Å². The van der Waals surface area contributed by atoms with Gasteiger partial charge in [-0.1, -0.05) is 20.4 Å². The molecule has 0 bridgehead atoms. The zero-order valence-corrected chi connectivity index (χ0v) is 7.65. The summed E-state index contributed by atoms with van der Waals surface area (Å²) >= 11 is 0. The molecule has 0 saturated carbocycles. The Balaban J connectivity index is -0.000000105. The average Bonchev–Trinajstić information content (AvgIpc) is 1.96. The predicted molar refractivity (Wildman–Crippen MR) is 51.6 cm³/mol. The maximum atomic E-state index is 3.81. The molecule has 0 aromatic carbocycles. The van der Waals surface area contributed by atoms with Gasteiger partial charge in [-0.15, -0.1) is 13.2 Å². The molecule has 0 aromatic rings. The lowest BCUT2D eigenvalue weighted by molar-refractivity contribution is 1.34. The minimum absolute atomic E-state index is 0.859. The van der Waals surface area contributed by atoms with E-state index in [4.69, 9.17) is 0 Å². The molecule has 10 heavy (non-hydrogen) atoms. The van der Waals surface area contributed by atoms with Gasteiger partial charge in [0.05, 0.1) is 0 Å². The first-order valence-electron chi connectivity index (χ1n) is 3.41. The van der Waals surface area contributed by atoms with Crippen LogP contribution >= 0.6 is 0 Å². The molecular weight excluding hydrogens is 122 g/mol. The summed E-state index contributed by atoms with van der Waals surface area (Å²) in [6.07, 6.45) is 1.72. The maximum Gasteiger partial charge on any atom is 0.0296 e. The molecule has 1 nitrogen and oxygen atoms in total. The Morgan fingerprint density at radius 2 is 1.60 bits per heavy atom. The summed E-state index contributed by atoms with van der Waals surface area (Å²) in [6.45, 7) is 17.3. The molecular formula is C9H19N.